The number of anilines is 1. The average molecular weight is 442 g/mol. The largest absolute Gasteiger partial charge is 0.507 e. The van der Waals surface area contributed by atoms with Gasteiger partial charge in [-0.2, -0.15) is 0 Å². The van der Waals surface area contributed by atoms with Gasteiger partial charge in [0.25, 0.3) is 0 Å². The van der Waals surface area contributed by atoms with Gasteiger partial charge in [-0.25, -0.2) is 9.37 Å². The number of phenolic OH excluding ortho intramolecular Hbond substituents is 1. The molecule has 0 spiro atoms. The number of aromatic hydroxyl groups is 1. The second kappa shape index (κ2) is 8.05. The van der Waals surface area contributed by atoms with E-state index in [1.807, 2.05) is 36.2 Å². The lowest BCUT2D eigenvalue weighted by Crippen LogP contribution is -2.55. The van der Waals surface area contributed by atoms with Gasteiger partial charge in [0.15, 0.2) is 5.01 Å². The lowest BCUT2D eigenvalue weighted by atomic mass is 9.97. The molecule has 0 radical (unpaired) electrons. The number of nitrogens with one attached hydrogen (secondary N) is 1. The number of phenols is 1. The second-order valence-corrected chi connectivity index (χ2v) is 9.07. The first-order valence-corrected chi connectivity index (χ1v) is 11.2. The SMILES string of the molecule is COc1cc(-c2ccc(-c3nnc(N(C)[C@H]4CC5CCC(N5)[C@H]4F)s3)c(O)c2)ccn1. The highest BCUT2D eigenvalue weighted by molar-refractivity contribution is 7.18. The van der Waals surface area contributed by atoms with Gasteiger partial charge >= 0.3 is 0 Å². The van der Waals surface area contributed by atoms with Crippen molar-refractivity contribution in [2.75, 3.05) is 19.1 Å². The molecule has 0 amide bonds. The number of nitrogens with zero attached hydrogens (tertiary/aromatic N) is 4. The van der Waals surface area contributed by atoms with Crippen molar-refractivity contribution >= 4 is 16.5 Å². The van der Waals surface area contributed by atoms with E-state index < -0.39 is 6.17 Å². The number of rotatable bonds is 5. The summed E-state index contributed by atoms with van der Waals surface area (Å²) in [5.74, 6) is 0.622. The molecule has 5 rings (SSSR count). The number of hydrogen-bond acceptors (Lipinski definition) is 8. The van der Waals surface area contributed by atoms with Crippen molar-refractivity contribution in [3.8, 4) is 33.3 Å². The van der Waals surface area contributed by atoms with Crippen LogP contribution in [0.1, 0.15) is 19.3 Å². The fraction of sp³-hybridized carbons (Fsp3) is 0.409. The van der Waals surface area contributed by atoms with Crippen molar-refractivity contribution < 1.29 is 14.2 Å². The lowest BCUT2D eigenvalue weighted by Gasteiger charge is -2.38. The number of pyridine rings is 1. The van der Waals surface area contributed by atoms with Crippen LogP contribution >= 0.6 is 11.3 Å². The third kappa shape index (κ3) is 3.72. The minimum absolute atomic E-state index is 0.0676. The summed E-state index contributed by atoms with van der Waals surface area (Å²) in [4.78, 5) is 6.02. The van der Waals surface area contributed by atoms with Gasteiger partial charge in [-0.15, -0.1) is 10.2 Å². The Morgan fingerprint density at radius 2 is 2.03 bits per heavy atom. The molecular weight excluding hydrogens is 417 g/mol. The Morgan fingerprint density at radius 3 is 2.84 bits per heavy atom. The van der Waals surface area contributed by atoms with Crippen LogP contribution in [0.25, 0.3) is 21.7 Å². The molecule has 0 saturated carbocycles. The number of piperidine rings is 1. The molecule has 2 bridgehead atoms. The highest BCUT2D eigenvalue weighted by Crippen LogP contribution is 2.39. The molecule has 4 heterocycles. The normalized spacial score (nSPS) is 24.9. The van der Waals surface area contributed by atoms with Crippen LogP contribution in [0.4, 0.5) is 9.52 Å². The first-order valence-electron chi connectivity index (χ1n) is 10.3. The number of halogens is 1. The number of fused-ring (bicyclic) bond motifs is 2. The molecule has 3 aromatic rings. The van der Waals surface area contributed by atoms with E-state index in [-0.39, 0.29) is 17.8 Å². The molecule has 2 aromatic heterocycles. The number of ether oxygens (including phenoxy) is 1. The standard InChI is InChI=1S/C22H24FN5O2S/c1-28(17-11-14-4-6-16(25-14)20(17)23)22-27-26-21(31-22)15-5-3-12(9-18(15)29)13-7-8-24-19(10-13)30-2/h3,5,7-10,14,16-17,20,25,29H,4,6,11H2,1-2H3/t14?,16?,17-,20+/m0/s1. The van der Waals surface area contributed by atoms with E-state index in [2.05, 4.69) is 20.5 Å². The average Bonchev–Trinajstić information content (AvgIpc) is 3.44. The highest BCUT2D eigenvalue weighted by atomic mass is 32.1. The zero-order valence-electron chi connectivity index (χ0n) is 17.3. The molecule has 7 nitrogen and oxygen atoms in total. The molecule has 2 unspecified atom stereocenters. The maximum absolute atomic E-state index is 14.9. The van der Waals surface area contributed by atoms with Crippen molar-refractivity contribution in [3.05, 3.63) is 36.5 Å². The van der Waals surface area contributed by atoms with E-state index in [1.165, 1.54) is 11.3 Å². The highest BCUT2D eigenvalue weighted by Gasteiger charge is 2.44. The number of alkyl halides is 1. The topological polar surface area (TPSA) is 83.4 Å². The molecule has 1 aromatic carbocycles. The van der Waals surface area contributed by atoms with Crippen molar-refractivity contribution in [2.24, 2.45) is 0 Å². The second-order valence-electron chi connectivity index (χ2n) is 8.11. The third-order valence-corrected chi connectivity index (χ3v) is 7.32. The van der Waals surface area contributed by atoms with Gasteiger partial charge in [0.05, 0.1) is 18.7 Å². The predicted molar refractivity (Wildman–Crippen MR) is 118 cm³/mol. The number of hydrogen-bond donors (Lipinski definition) is 2. The van der Waals surface area contributed by atoms with Gasteiger partial charge in [0.2, 0.25) is 11.0 Å². The number of benzene rings is 1. The van der Waals surface area contributed by atoms with Crippen LogP contribution in [0, 0.1) is 0 Å². The summed E-state index contributed by atoms with van der Waals surface area (Å²) in [6, 6.07) is 9.19. The smallest absolute Gasteiger partial charge is 0.213 e. The van der Waals surface area contributed by atoms with E-state index in [4.69, 9.17) is 4.74 Å². The Kier molecular flexibility index (Phi) is 5.23. The molecule has 2 saturated heterocycles. The molecule has 4 atom stereocenters. The van der Waals surface area contributed by atoms with Crippen LogP contribution < -0.4 is 15.0 Å². The molecule has 0 aliphatic carbocycles. The zero-order chi connectivity index (χ0) is 21.5. The minimum Gasteiger partial charge on any atom is -0.507 e. The van der Waals surface area contributed by atoms with Crippen LogP contribution in [0.3, 0.4) is 0 Å². The monoisotopic (exact) mass is 441 g/mol. The zero-order valence-corrected chi connectivity index (χ0v) is 18.1. The summed E-state index contributed by atoms with van der Waals surface area (Å²) in [6.45, 7) is 0. The predicted octanol–water partition coefficient (Wildman–Crippen LogP) is 3.65. The Balaban J connectivity index is 1.38. The maximum Gasteiger partial charge on any atom is 0.213 e. The van der Waals surface area contributed by atoms with Crippen LogP contribution in [0.2, 0.25) is 0 Å². The lowest BCUT2D eigenvalue weighted by molar-refractivity contribution is 0.176. The van der Waals surface area contributed by atoms with Crippen LogP contribution in [-0.4, -0.2) is 58.7 Å². The summed E-state index contributed by atoms with van der Waals surface area (Å²) in [6.07, 6.45) is 3.41. The molecular formula is C22H24FN5O2S. The fourth-order valence-corrected chi connectivity index (χ4v) is 5.45. The van der Waals surface area contributed by atoms with Gasteiger partial charge in [0.1, 0.15) is 11.9 Å². The fourth-order valence-electron chi connectivity index (χ4n) is 4.55. The van der Waals surface area contributed by atoms with E-state index in [0.29, 0.717) is 27.6 Å². The van der Waals surface area contributed by atoms with Gasteiger partial charge in [-0.05, 0) is 48.6 Å². The molecule has 2 aliphatic heterocycles. The minimum atomic E-state index is -0.930. The quantitative estimate of drug-likeness (QED) is 0.625. The molecule has 9 heteroatoms. The van der Waals surface area contributed by atoms with Gasteiger partial charge in [0, 0.05) is 31.4 Å². The summed E-state index contributed by atoms with van der Waals surface area (Å²) in [7, 11) is 3.45. The summed E-state index contributed by atoms with van der Waals surface area (Å²) in [5.41, 5.74) is 2.33. The summed E-state index contributed by atoms with van der Waals surface area (Å²) >= 11 is 1.36. The van der Waals surface area contributed by atoms with Crippen molar-refractivity contribution in [1.29, 1.82) is 0 Å². The Hall–Kier alpha value is -2.78. The summed E-state index contributed by atoms with van der Waals surface area (Å²) in [5, 5.41) is 23.8. The number of aromatic nitrogens is 3. The Bertz CT molecular complexity index is 1090. The molecule has 2 fully saturated rings. The third-order valence-electron chi connectivity index (χ3n) is 6.27. The first kappa shape index (κ1) is 20.1. The van der Waals surface area contributed by atoms with E-state index in [1.54, 1.807) is 19.4 Å². The van der Waals surface area contributed by atoms with Crippen LogP contribution in [0.5, 0.6) is 11.6 Å². The van der Waals surface area contributed by atoms with Crippen molar-refractivity contribution in [1.82, 2.24) is 20.5 Å². The molecule has 2 aliphatic rings. The molecule has 162 valence electrons. The molecule has 31 heavy (non-hydrogen) atoms. The van der Waals surface area contributed by atoms with Gasteiger partial charge in [-0.3, -0.25) is 0 Å². The van der Waals surface area contributed by atoms with Crippen molar-refractivity contribution in [2.45, 2.75) is 43.6 Å². The van der Waals surface area contributed by atoms with Crippen molar-refractivity contribution in [3.63, 3.8) is 0 Å². The Morgan fingerprint density at radius 1 is 1.19 bits per heavy atom. The first-order chi connectivity index (χ1) is 15.0. The Labute approximate surface area is 183 Å². The van der Waals surface area contributed by atoms with Crippen LogP contribution in [0.15, 0.2) is 36.5 Å². The van der Waals surface area contributed by atoms with E-state index in [9.17, 15) is 9.50 Å². The van der Waals surface area contributed by atoms with Crippen LogP contribution in [-0.2, 0) is 0 Å². The maximum atomic E-state index is 14.9. The van der Waals surface area contributed by atoms with Gasteiger partial charge in [-0.1, -0.05) is 17.4 Å². The van der Waals surface area contributed by atoms with Gasteiger partial charge < -0.3 is 20.1 Å². The van der Waals surface area contributed by atoms with E-state index in [0.717, 1.165) is 30.4 Å². The van der Waals surface area contributed by atoms with E-state index >= 15 is 0 Å². The molecule has 2 N–H and O–H groups in total. The summed E-state index contributed by atoms with van der Waals surface area (Å²) < 4.78 is 20.1. The number of methoxy groups -OCH3 is 1.